The van der Waals surface area contributed by atoms with Gasteiger partial charge in [0.25, 0.3) is 5.91 Å². The number of aromatic nitrogens is 3. The average molecular weight is 500 g/mol. The normalized spacial score (nSPS) is 15.5. The molecule has 3 N–H and O–H groups in total. The molecule has 4 aromatic rings. The summed E-state index contributed by atoms with van der Waals surface area (Å²) in [4.78, 5) is 38.9. The monoisotopic (exact) mass is 499 g/mol. The van der Waals surface area contributed by atoms with Gasteiger partial charge in [-0.25, -0.2) is 9.97 Å². The highest BCUT2D eigenvalue weighted by Crippen LogP contribution is 2.35. The third-order valence-electron chi connectivity index (χ3n) is 6.69. The highest BCUT2D eigenvalue weighted by Gasteiger charge is 2.31. The van der Waals surface area contributed by atoms with Gasteiger partial charge < -0.3 is 25.0 Å². The molecule has 9 heteroatoms. The van der Waals surface area contributed by atoms with Crippen LogP contribution < -0.4 is 10.1 Å². The fraction of sp³-hybridized carbons (Fsp3) is 0.286. The van der Waals surface area contributed by atoms with Gasteiger partial charge in [0.2, 0.25) is 11.8 Å². The van der Waals surface area contributed by atoms with Crippen LogP contribution in [0.2, 0.25) is 0 Å². The summed E-state index contributed by atoms with van der Waals surface area (Å²) in [6.07, 6.45) is 2.11. The number of fused-ring (bicyclic) bond motifs is 1. The SMILES string of the molecule is COc1ncccc1-c1ccc(O)c(-c2nc3cc(C(=O)NCC4CC(=O)N(C(C)C)C4)ccc3[nH]2)c1. The summed E-state index contributed by atoms with van der Waals surface area (Å²) in [5.41, 5.74) is 3.96. The molecule has 2 amide bonds. The van der Waals surface area contributed by atoms with E-state index in [1.807, 2.05) is 36.9 Å². The molecule has 0 spiro atoms. The van der Waals surface area contributed by atoms with E-state index < -0.39 is 0 Å². The number of amides is 2. The second kappa shape index (κ2) is 9.93. The van der Waals surface area contributed by atoms with Gasteiger partial charge in [-0.15, -0.1) is 0 Å². The average Bonchev–Trinajstić information content (AvgIpc) is 3.50. The first-order chi connectivity index (χ1) is 17.8. The van der Waals surface area contributed by atoms with E-state index in [0.717, 1.165) is 16.6 Å². The summed E-state index contributed by atoms with van der Waals surface area (Å²) in [7, 11) is 1.56. The molecular formula is C28H29N5O4. The van der Waals surface area contributed by atoms with Gasteiger partial charge >= 0.3 is 0 Å². The molecule has 5 rings (SSSR count). The van der Waals surface area contributed by atoms with Gasteiger partial charge in [0.1, 0.15) is 11.6 Å². The number of carbonyl (C=O) groups is 2. The lowest BCUT2D eigenvalue weighted by molar-refractivity contribution is -0.129. The Bertz CT molecular complexity index is 1480. The van der Waals surface area contributed by atoms with Crippen LogP contribution in [0.25, 0.3) is 33.5 Å². The lowest BCUT2D eigenvalue weighted by atomic mass is 10.0. The van der Waals surface area contributed by atoms with Gasteiger partial charge in [-0.3, -0.25) is 9.59 Å². The number of phenols is 1. The van der Waals surface area contributed by atoms with E-state index in [-0.39, 0.29) is 29.5 Å². The first-order valence-corrected chi connectivity index (χ1v) is 12.2. The molecule has 0 bridgehead atoms. The van der Waals surface area contributed by atoms with E-state index in [1.54, 1.807) is 43.6 Å². The number of rotatable bonds is 7. The molecule has 190 valence electrons. The van der Waals surface area contributed by atoms with Crippen molar-refractivity contribution < 1.29 is 19.4 Å². The Balaban J connectivity index is 1.36. The van der Waals surface area contributed by atoms with Crippen molar-refractivity contribution in [3.8, 4) is 34.1 Å². The quantitative estimate of drug-likeness (QED) is 0.354. The minimum Gasteiger partial charge on any atom is -0.507 e. The van der Waals surface area contributed by atoms with Crippen molar-refractivity contribution in [1.29, 1.82) is 0 Å². The fourth-order valence-electron chi connectivity index (χ4n) is 4.72. The zero-order valence-electron chi connectivity index (χ0n) is 21.0. The van der Waals surface area contributed by atoms with Crippen molar-refractivity contribution in [2.45, 2.75) is 26.3 Å². The Kier molecular flexibility index (Phi) is 6.52. The number of pyridine rings is 1. The van der Waals surface area contributed by atoms with Crippen LogP contribution in [0.15, 0.2) is 54.7 Å². The Hall–Kier alpha value is -4.40. The number of benzene rings is 2. The molecule has 0 saturated carbocycles. The number of hydrogen-bond acceptors (Lipinski definition) is 6. The van der Waals surface area contributed by atoms with Gasteiger partial charge in [0, 0.05) is 48.8 Å². The van der Waals surface area contributed by atoms with Crippen molar-refractivity contribution in [3.05, 3.63) is 60.3 Å². The summed E-state index contributed by atoms with van der Waals surface area (Å²) in [5, 5.41) is 13.5. The molecular weight excluding hydrogens is 470 g/mol. The molecule has 1 aliphatic heterocycles. The number of phenolic OH excluding ortho intramolecular Hbond substituents is 1. The zero-order valence-corrected chi connectivity index (χ0v) is 21.0. The van der Waals surface area contributed by atoms with E-state index in [4.69, 9.17) is 4.74 Å². The molecule has 1 saturated heterocycles. The Morgan fingerprint density at radius 1 is 1.22 bits per heavy atom. The van der Waals surface area contributed by atoms with Gasteiger partial charge in [-0.1, -0.05) is 6.07 Å². The van der Waals surface area contributed by atoms with Crippen molar-refractivity contribution in [3.63, 3.8) is 0 Å². The first-order valence-electron chi connectivity index (χ1n) is 12.2. The maximum absolute atomic E-state index is 12.8. The number of aromatic amines is 1. The number of nitrogens with zero attached hydrogens (tertiary/aromatic N) is 3. The molecule has 37 heavy (non-hydrogen) atoms. The van der Waals surface area contributed by atoms with Crippen LogP contribution in [0.3, 0.4) is 0 Å². The fourth-order valence-corrected chi connectivity index (χ4v) is 4.72. The molecule has 0 aliphatic carbocycles. The summed E-state index contributed by atoms with van der Waals surface area (Å²) in [6.45, 7) is 5.10. The van der Waals surface area contributed by atoms with E-state index >= 15 is 0 Å². The Morgan fingerprint density at radius 2 is 2.05 bits per heavy atom. The zero-order chi connectivity index (χ0) is 26.1. The molecule has 9 nitrogen and oxygen atoms in total. The molecule has 3 heterocycles. The van der Waals surface area contributed by atoms with Gasteiger partial charge in [-0.2, -0.15) is 0 Å². The van der Waals surface area contributed by atoms with E-state index in [0.29, 0.717) is 47.9 Å². The standard InChI is InChI=1S/C28H29N5O4/c1-16(2)33-15-17(11-25(33)35)14-30-27(36)19-6-8-22-23(13-19)32-26(31-22)21-12-18(7-9-24(21)34)20-5-4-10-29-28(20)37-3/h4-10,12-13,16-17,34H,11,14-15H2,1-3H3,(H,30,36)(H,31,32). The molecule has 1 fully saturated rings. The highest BCUT2D eigenvalue weighted by atomic mass is 16.5. The maximum Gasteiger partial charge on any atom is 0.251 e. The van der Waals surface area contributed by atoms with Crippen molar-refractivity contribution >= 4 is 22.8 Å². The Labute approximate surface area is 214 Å². The number of H-pyrrole nitrogens is 1. The number of ether oxygens (including phenoxy) is 1. The summed E-state index contributed by atoms with van der Waals surface area (Å²) < 4.78 is 5.38. The number of methoxy groups -OCH3 is 1. The summed E-state index contributed by atoms with van der Waals surface area (Å²) in [5.74, 6) is 1.06. The number of hydrogen-bond donors (Lipinski definition) is 3. The van der Waals surface area contributed by atoms with E-state index in [2.05, 4.69) is 20.3 Å². The van der Waals surface area contributed by atoms with Crippen molar-refractivity contribution in [2.24, 2.45) is 5.92 Å². The third kappa shape index (κ3) is 4.84. The third-order valence-corrected chi connectivity index (χ3v) is 6.69. The summed E-state index contributed by atoms with van der Waals surface area (Å²) >= 11 is 0. The van der Waals surface area contributed by atoms with E-state index in [1.165, 1.54) is 0 Å². The molecule has 1 unspecified atom stereocenters. The maximum atomic E-state index is 12.8. The number of aromatic hydroxyl groups is 1. The largest absolute Gasteiger partial charge is 0.507 e. The van der Waals surface area contributed by atoms with Crippen LogP contribution >= 0.6 is 0 Å². The van der Waals surface area contributed by atoms with Gasteiger partial charge in [0.15, 0.2) is 0 Å². The second-order valence-electron chi connectivity index (χ2n) is 9.53. The second-order valence-corrected chi connectivity index (χ2v) is 9.53. The first kappa shape index (κ1) is 24.3. The molecule has 1 aliphatic rings. The number of imidazole rings is 1. The van der Waals surface area contributed by atoms with Gasteiger partial charge in [0.05, 0.1) is 23.7 Å². The van der Waals surface area contributed by atoms with Crippen LogP contribution in [-0.2, 0) is 4.79 Å². The smallest absolute Gasteiger partial charge is 0.251 e. The van der Waals surface area contributed by atoms with Gasteiger partial charge in [-0.05, 0) is 61.9 Å². The van der Waals surface area contributed by atoms with Crippen molar-refractivity contribution in [2.75, 3.05) is 20.2 Å². The number of likely N-dealkylation sites (tertiary alicyclic amines) is 1. The molecule has 2 aromatic heterocycles. The molecule has 0 radical (unpaired) electrons. The van der Waals surface area contributed by atoms with Crippen LogP contribution in [-0.4, -0.2) is 63.0 Å². The van der Waals surface area contributed by atoms with Crippen molar-refractivity contribution in [1.82, 2.24) is 25.2 Å². The Morgan fingerprint density at radius 3 is 2.81 bits per heavy atom. The minimum atomic E-state index is -0.213. The number of carbonyl (C=O) groups excluding carboxylic acids is 2. The molecule has 1 atom stereocenters. The van der Waals surface area contributed by atoms with Crippen LogP contribution in [0.4, 0.5) is 0 Å². The lowest BCUT2D eigenvalue weighted by Gasteiger charge is -2.21. The topological polar surface area (TPSA) is 120 Å². The molecule has 2 aromatic carbocycles. The van der Waals surface area contributed by atoms with E-state index in [9.17, 15) is 14.7 Å². The predicted molar refractivity (Wildman–Crippen MR) is 140 cm³/mol. The van der Waals surface area contributed by atoms with Crippen LogP contribution in [0, 0.1) is 5.92 Å². The summed E-state index contributed by atoms with van der Waals surface area (Å²) in [6, 6.07) is 14.4. The number of nitrogens with one attached hydrogen (secondary N) is 2. The highest BCUT2D eigenvalue weighted by molar-refractivity contribution is 5.98. The predicted octanol–water partition coefficient (Wildman–Crippen LogP) is 3.99. The van der Waals surface area contributed by atoms with Crippen LogP contribution in [0.5, 0.6) is 11.6 Å². The lowest BCUT2D eigenvalue weighted by Crippen LogP contribution is -2.34. The minimum absolute atomic E-state index is 0.0742. The van der Waals surface area contributed by atoms with Crippen LogP contribution in [0.1, 0.15) is 30.6 Å².